The van der Waals surface area contributed by atoms with E-state index in [2.05, 4.69) is 39.2 Å². The van der Waals surface area contributed by atoms with Crippen molar-refractivity contribution in [2.24, 2.45) is 5.92 Å². The van der Waals surface area contributed by atoms with Gasteiger partial charge in [-0.2, -0.15) is 5.10 Å². The van der Waals surface area contributed by atoms with Crippen LogP contribution in [0.4, 0.5) is 5.69 Å². The smallest absolute Gasteiger partial charge is 0.284 e. The van der Waals surface area contributed by atoms with E-state index in [-0.39, 0.29) is 12.1 Å². The Morgan fingerprint density at radius 2 is 2.32 bits per heavy atom. The van der Waals surface area contributed by atoms with Crippen molar-refractivity contribution in [3.05, 3.63) is 21.0 Å². The van der Waals surface area contributed by atoms with Gasteiger partial charge in [-0.25, -0.2) is 4.68 Å². The molecule has 0 saturated heterocycles. The minimum atomic E-state index is -0.189. The molecule has 5 heteroatoms. The van der Waals surface area contributed by atoms with Crippen LogP contribution in [0.5, 0.6) is 0 Å². The molecular weight excluding hydrogens is 306 g/mol. The van der Waals surface area contributed by atoms with Crippen molar-refractivity contribution < 1.29 is 0 Å². The van der Waals surface area contributed by atoms with Crippen molar-refractivity contribution in [2.45, 2.75) is 45.2 Å². The summed E-state index contributed by atoms with van der Waals surface area (Å²) in [4.78, 5) is 12.0. The first kappa shape index (κ1) is 14.1. The molecule has 19 heavy (non-hydrogen) atoms. The molecule has 4 nitrogen and oxygen atoms in total. The molecule has 1 N–H and O–H groups in total. The molecule has 0 radical (unpaired) electrons. The molecule has 1 saturated carbocycles. The summed E-state index contributed by atoms with van der Waals surface area (Å²) in [6.45, 7) is 2.44. The summed E-state index contributed by atoms with van der Waals surface area (Å²) in [7, 11) is 0. The van der Waals surface area contributed by atoms with E-state index in [1.807, 2.05) is 0 Å². The van der Waals surface area contributed by atoms with Crippen LogP contribution in [0.25, 0.3) is 0 Å². The summed E-state index contributed by atoms with van der Waals surface area (Å²) in [6, 6.07) is 0.412. The number of halogens is 1. The van der Waals surface area contributed by atoms with E-state index >= 15 is 0 Å². The molecule has 1 aromatic rings. The van der Waals surface area contributed by atoms with E-state index < -0.39 is 0 Å². The molecule has 0 aliphatic heterocycles. The molecule has 1 aromatic heterocycles. The molecule has 1 heterocycles. The zero-order valence-electron chi connectivity index (χ0n) is 11.0. The van der Waals surface area contributed by atoms with Crippen molar-refractivity contribution in [1.82, 2.24) is 9.78 Å². The van der Waals surface area contributed by atoms with Gasteiger partial charge in [0.1, 0.15) is 11.0 Å². The highest BCUT2D eigenvalue weighted by molar-refractivity contribution is 9.10. The highest BCUT2D eigenvalue weighted by Gasteiger charge is 2.22. The third kappa shape index (κ3) is 3.19. The summed E-state index contributed by atoms with van der Waals surface area (Å²) in [6.07, 6.45) is 11.8. The highest BCUT2D eigenvalue weighted by atomic mass is 79.9. The van der Waals surface area contributed by atoms with E-state index in [1.54, 1.807) is 6.20 Å². The van der Waals surface area contributed by atoms with E-state index in [9.17, 15) is 4.79 Å². The lowest BCUT2D eigenvalue weighted by Gasteiger charge is -2.30. The molecule has 1 aliphatic rings. The van der Waals surface area contributed by atoms with E-state index in [4.69, 9.17) is 6.42 Å². The average molecular weight is 324 g/mol. The molecule has 2 atom stereocenters. The maximum absolute atomic E-state index is 12.0. The highest BCUT2D eigenvalue weighted by Crippen LogP contribution is 2.28. The van der Waals surface area contributed by atoms with Gasteiger partial charge in [0.05, 0.1) is 11.9 Å². The van der Waals surface area contributed by atoms with Crippen molar-refractivity contribution in [2.75, 3.05) is 5.32 Å². The third-order valence-corrected chi connectivity index (χ3v) is 4.44. The van der Waals surface area contributed by atoms with Crippen LogP contribution in [-0.4, -0.2) is 15.8 Å². The lowest BCUT2D eigenvalue weighted by atomic mass is 9.86. The monoisotopic (exact) mass is 323 g/mol. The van der Waals surface area contributed by atoms with Crippen LogP contribution in [0.3, 0.4) is 0 Å². The Bertz CT molecular complexity index is 547. The predicted octanol–water partition coefficient (Wildman–Crippen LogP) is 2.63. The molecule has 0 bridgehead atoms. The Balaban J connectivity index is 2.19. The minimum Gasteiger partial charge on any atom is -0.380 e. The third-order valence-electron chi connectivity index (χ3n) is 3.68. The van der Waals surface area contributed by atoms with Crippen LogP contribution in [0.1, 0.15) is 32.6 Å². The van der Waals surface area contributed by atoms with E-state index in [0.29, 0.717) is 16.4 Å². The molecule has 1 fully saturated rings. The zero-order chi connectivity index (χ0) is 13.8. The number of hydrogen-bond donors (Lipinski definition) is 1. The van der Waals surface area contributed by atoms with Gasteiger partial charge in [0.25, 0.3) is 5.56 Å². The number of anilines is 1. The molecule has 0 spiro atoms. The summed E-state index contributed by atoms with van der Waals surface area (Å²) < 4.78 is 1.79. The Kier molecular flexibility index (Phi) is 4.65. The molecular formula is C14H18BrN3O. The lowest BCUT2D eigenvalue weighted by Crippen LogP contribution is -2.32. The largest absolute Gasteiger partial charge is 0.380 e. The quantitative estimate of drug-likeness (QED) is 0.870. The standard InChI is InChI=1S/C14H18BrN3O/c1-3-8-18-14(19)13(15)12(9-16-18)17-11-7-5-4-6-10(11)2/h1,9-11,17H,4-8H2,2H3. The molecule has 102 valence electrons. The number of nitrogens with zero attached hydrogens (tertiary/aromatic N) is 2. The summed E-state index contributed by atoms with van der Waals surface area (Å²) in [5.74, 6) is 3.04. The van der Waals surface area contributed by atoms with Crippen LogP contribution in [-0.2, 0) is 6.54 Å². The molecule has 2 rings (SSSR count). The Labute approximate surface area is 121 Å². The maximum atomic E-state index is 12.0. The Morgan fingerprint density at radius 1 is 1.58 bits per heavy atom. The molecule has 0 amide bonds. The SMILES string of the molecule is C#CCn1ncc(NC2CCCCC2C)c(Br)c1=O. The van der Waals surface area contributed by atoms with Crippen molar-refractivity contribution >= 4 is 21.6 Å². The van der Waals surface area contributed by atoms with Crippen LogP contribution in [0.2, 0.25) is 0 Å². The number of terminal acetylenes is 1. The second-order valence-electron chi connectivity index (χ2n) is 5.05. The van der Waals surface area contributed by atoms with Gasteiger partial charge in [0.15, 0.2) is 0 Å². The second kappa shape index (κ2) is 6.25. The van der Waals surface area contributed by atoms with Gasteiger partial charge < -0.3 is 5.32 Å². The minimum absolute atomic E-state index is 0.189. The first-order valence-corrected chi connectivity index (χ1v) is 7.38. The van der Waals surface area contributed by atoms with Crippen LogP contribution in [0.15, 0.2) is 15.5 Å². The summed E-state index contributed by atoms with van der Waals surface area (Å²) in [5, 5.41) is 7.52. The lowest BCUT2D eigenvalue weighted by molar-refractivity contribution is 0.349. The van der Waals surface area contributed by atoms with Crippen LogP contribution < -0.4 is 10.9 Å². The normalized spacial score (nSPS) is 22.8. The van der Waals surface area contributed by atoms with Crippen molar-refractivity contribution in [3.8, 4) is 12.3 Å². The number of aromatic nitrogens is 2. The van der Waals surface area contributed by atoms with Gasteiger partial charge in [0, 0.05) is 6.04 Å². The van der Waals surface area contributed by atoms with Gasteiger partial charge in [0.2, 0.25) is 0 Å². The van der Waals surface area contributed by atoms with E-state index in [0.717, 1.165) is 12.1 Å². The molecule has 0 aromatic carbocycles. The second-order valence-corrected chi connectivity index (χ2v) is 5.84. The first-order valence-electron chi connectivity index (χ1n) is 6.59. The van der Waals surface area contributed by atoms with E-state index in [1.165, 1.54) is 23.9 Å². The number of rotatable bonds is 3. The predicted molar refractivity (Wildman–Crippen MR) is 80.1 cm³/mol. The van der Waals surface area contributed by atoms with Crippen molar-refractivity contribution in [1.29, 1.82) is 0 Å². The first-order chi connectivity index (χ1) is 9.13. The Morgan fingerprint density at radius 3 is 3.00 bits per heavy atom. The van der Waals surface area contributed by atoms with Gasteiger partial charge in [-0.15, -0.1) is 6.42 Å². The number of hydrogen-bond acceptors (Lipinski definition) is 3. The van der Waals surface area contributed by atoms with Crippen LogP contribution in [0, 0.1) is 18.3 Å². The zero-order valence-corrected chi connectivity index (χ0v) is 12.6. The van der Waals surface area contributed by atoms with Gasteiger partial charge in [-0.1, -0.05) is 25.7 Å². The topological polar surface area (TPSA) is 46.9 Å². The number of nitrogens with one attached hydrogen (secondary N) is 1. The fourth-order valence-electron chi connectivity index (χ4n) is 2.50. The fourth-order valence-corrected chi connectivity index (χ4v) is 2.92. The van der Waals surface area contributed by atoms with Gasteiger partial charge >= 0.3 is 0 Å². The van der Waals surface area contributed by atoms with Gasteiger partial charge in [-0.05, 0) is 34.7 Å². The summed E-state index contributed by atoms with van der Waals surface area (Å²) >= 11 is 3.34. The van der Waals surface area contributed by atoms with Crippen LogP contribution >= 0.6 is 15.9 Å². The summed E-state index contributed by atoms with van der Waals surface area (Å²) in [5.41, 5.74) is 0.573. The molecule has 2 unspecified atom stereocenters. The fraction of sp³-hybridized carbons (Fsp3) is 0.571. The van der Waals surface area contributed by atoms with Crippen molar-refractivity contribution in [3.63, 3.8) is 0 Å². The van der Waals surface area contributed by atoms with Gasteiger partial charge in [-0.3, -0.25) is 4.79 Å². The molecule has 1 aliphatic carbocycles. The average Bonchev–Trinajstić information content (AvgIpc) is 2.41. The Hall–Kier alpha value is -1.28. The maximum Gasteiger partial charge on any atom is 0.284 e.